The van der Waals surface area contributed by atoms with E-state index >= 15 is 0 Å². The lowest BCUT2D eigenvalue weighted by Crippen LogP contribution is -2.26. The number of benzene rings is 1. The highest BCUT2D eigenvalue weighted by atomic mass is 16.5. The minimum Gasteiger partial charge on any atom is -0.486 e. The Morgan fingerprint density at radius 3 is 2.50 bits per heavy atom. The molecule has 4 nitrogen and oxygen atoms in total. The standard InChI is InChI=1S/C14H19NO3/c1-10(16)15-11-6-5-7-12(8-11)18-9-13(17)14(2,3)4/h5-8H,9H2,1-4H3,(H,15,16). The molecule has 0 atom stereocenters. The molecule has 98 valence electrons. The van der Waals surface area contributed by atoms with Gasteiger partial charge in [0.2, 0.25) is 5.91 Å². The Kier molecular flexibility index (Phi) is 4.48. The van der Waals surface area contributed by atoms with Gasteiger partial charge in [-0.15, -0.1) is 0 Å². The van der Waals surface area contributed by atoms with Crippen molar-refractivity contribution in [2.45, 2.75) is 27.7 Å². The molecule has 0 aliphatic heterocycles. The van der Waals surface area contributed by atoms with Crippen molar-refractivity contribution in [2.24, 2.45) is 5.41 Å². The first-order valence-electron chi connectivity index (χ1n) is 5.83. The molecule has 1 rings (SSSR count). The van der Waals surface area contributed by atoms with Crippen LogP contribution < -0.4 is 10.1 Å². The van der Waals surface area contributed by atoms with Crippen molar-refractivity contribution in [3.05, 3.63) is 24.3 Å². The minimum absolute atomic E-state index is 0.0347. The molecule has 4 heteroatoms. The molecular formula is C14H19NO3. The molecule has 0 bridgehead atoms. The summed E-state index contributed by atoms with van der Waals surface area (Å²) in [5.74, 6) is 0.462. The Morgan fingerprint density at radius 2 is 1.94 bits per heavy atom. The zero-order valence-corrected chi connectivity index (χ0v) is 11.2. The van der Waals surface area contributed by atoms with Crippen molar-refractivity contribution in [2.75, 3.05) is 11.9 Å². The number of Topliss-reactive ketones (excluding diaryl/α,β-unsaturated/α-hetero) is 1. The highest BCUT2D eigenvalue weighted by Gasteiger charge is 2.21. The van der Waals surface area contributed by atoms with E-state index in [-0.39, 0.29) is 18.3 Å². The molecule has 0 fully saturated rings. The number of carbonyl (C=O) groups is 2. The van der Waals surface area contributed by atoms with E-state index in [4.69, 9.17) is 4.74 Å². The summed E-state index contributed by atoms with van der Waals surface area (Å²) in [5.41, 5.74) is 0.248. The van der Waals surface area contributed by atoms with Gasteiger partial charge in [-0.3, -0.25) is 9.59 Å². The quantitative estimate of drug-likeness (QED) is 0.892. The van der Waals surface area contributed by atoms with Gasteiger partial charge >= 0.3 is 0 Å². The molecule has 1 amide bonds. The molecule has 0 spiro atoms. The third-order valence-corrected chi connectivity index (χ3v) is 2.36. The summed E-state index contributed by atoms with van der Waals surface area (Å²) in [6.45, 7) is 7.04. The third kappa shape index (κ3) is 4.57. The van der Waals surface area contributed by atoms with E-state index in [2.05, 4.69) is 5.32 Å². The molecular weight excluding hydrogens is 230 g/mol. The molecule has 0 saturated heterocycles. The molecule has 1 N–H and O–H groups in total. The summed E-state index contributed by atoms with van der Waals surface area (Å²) in [6, 6.07) is 6.97. The number of hydrogen-bond acceptors (Lipinski definition) is 3. The van der Waals surface area contributed by atoms with Crippen LogP contribution in [0.4, 0.5) is 5.69 Å². The molecule has 1 aromatic rings. The molecule has 1 aromatic carbocycles. The highest BCUT2D eigenvalue weighted by molar-refractivity contribution is 5.89. The zero-order chi connectivity index (χ0) is 13.8. The summed E-state index contributed by atoms with van der Waals surface area (Å²) >= 11 is 0. The van der Waals surface area contributed by atoms with Gasteiger partial charge in [0.05, 0.1) is 0 Å². The maximum atomic E-state index is 11.7. The molecule has 0 saturated carbocycles. The number of anilines is 1. The highest BCUT2D eigenvalue weighted by Crippen LogP contribution is 2.19. The first-order valence-corrected chi connectivity index (χ1v) is 5.83. The van der Waals surface area contributed by atoms with Crippen molar-refractivity contribution >= 4 is 17.4 Å². The number of hydrogen-bond donors (Lipinski definition) is 1. The SMILES string of the molecule is CC(=O)Nc1cccc(OCC(=O)C(C)(C)C)c1. The van der Waals surface area contributed by atoms with Gasteiger partial charge in [0.15, 0.2) is 5.78 Å². The fourth-order valence-electron chi connectivity index (χ4n) is 1.23. The van der Waals surface area contributed by atoms with Crippen LogP contribution in [0.2, 0.25) is 0 Å². The second-order valence-electron chi connectivity index (χ2n) is 5.17. The van der Waals surface area contributed by atoms with Crippen LogP contribution in [0.1, 0.15) is 27.7 Å². The summed E-state index contributed by atoms with van der Waals surface area (Å²) in [7, 11) is 0. The second kappa shape index (κ2) is 5.67. The van der Waals surface area contributed by atoms with E-state index in [9.17, 15) is 9.59 Å². The van der Waals surface area contributed by atoms with Gasteiger partial charge in [0.25, 0.3) is 0 Å². The maximum absolute atomic E-state index is 11.7. The normalized spacial score (nSPS) is 10.9. The Labute approximate surface area is 107 Å². The van der Waals surface area contributed by atoms with Crippen molar-refractivity contribution in [1.82, 2.24) is 0 Å². The number of rotatable bonds is 4. The Bertz CT molecular complexity index is 447. The molecule has 0 aliphatic carbocycles. The van der Waals surface area contributed by atoms with Crippen molar-refractivity contribution < 1.29 is 14.3 Å². The van der Waals surface area contributed by atoms with Crippen LogP contribution in [0.25, 0.3) is 0 Å². The number of ether oxygens (including phenoxy) is 1. The maximum Gasteiger partial charge on any atom is 0.221 e. The van der Waals surface area contributed by atoms with Crippen LogP contribution in [-0.4, -0.2) is 18.3 Å². The van der Waals surface area contributed by atoms with Gasteiger partial charge in [0, 0.05) is 24.1 Å². The van der Waals surface area contributed by atoms with Crippen molar-refractivity contribution in [3.8, 4) is 5.75 Å². The molecule has 0 radical (unpaired) electrons. The van der Waals surface area contributed by atoms with Gasteiger partial charge in [-0.1, -0.05) is 26.8 Å². The van der Waals surface area contributed by atoms with Crippen LogP contribution in [0, 0.1) is 5.41 Å². The van der Waals surface area contributed by atoms with Gasteiger partial charge in [-0.05, 0) is 12.1 Å². The topological polar surface area (TPSA) is 55.4 Å². The number of amides is 1. The van der Waals surface area contributed by atoms with Crippen LogP contribution in [0.5, 0.6) is 5.75 Å². The third-order valence-electron chi connectivity index (χ3n) is 2.36. The number of carbonyl (C=O) groups excluding carboxylic acids is 2. The van der Waals surface area contributed by atoms with Crippen molar-refractivity contribution in [1.29, 1.82) is 0 Å². The summed E-state index contributed by atoms with van der Waals surface area (Å²) in [6.07, 6.45) is 0. The van der Waals surface area contributed by atoms with Crippen LogP contribution in [-0.2, 0) is 9.59 Å². The Morgan fingerprint density at radius 1 is 1.28 bits per heavy atom. The zero-order valence-electron chi connectivity index (χ0n) is 11.2. The minimum atomic E-state index is -0.407. The predicted molar refractivity (Wildman–Crippen MR) is 70.7 cm³/mol. The Balaban J connectivity index is 2.63. The molecule has 18 heavy (non-hydrogen) atoms. The average molecular weight is 249 g/mol. The largest absolute Gasteiger partial charge is 0.486 e. The van der Waals surface area contributed by atoms with E-state index in [1.165, 1.54) is 6.92 Å². The molecule has 0 aromatic heterocycles. The van der Waals surface area contributed by atoms with Gasteiger partial charge in [-0.2, -0.15) is 0 Å². The molecule has 0 aliphatic rings. The van der Waals surface area contributed by atoms with Crippen LogP contribution in [0.15, 0.2) is 24.3 Å². The predicted octanol–water partition coefficient (Wildman–Crippen LogP) is 2.64. The van der Waals surface area contributed by atoms with Crippen LogP contribution in [0.3, 0.4) is 0 Å². The first-order chi connectivity index (χ1) is 8.29. The van der Waals surface area contributed by atoms with Gasteiger partial charge < -0.3 is 10.1 Å². The lowest BCUT2D eigenvalue weighted by atomic mass is 9.91. The average Bonchev–Trinajstić information content (AvgIpc) is 2.24. The smallest absolute Gasteiger partial charge is 0.221 e. The fraction of sp³-hybridized carbons (Fsp3) is 0.429. The molecule has 0 unspecified atom stereocenters. The first kappa shape index (κ1) is 14.2. The van der Waals surface area contributed by atoms with E-state index in [0.29, 0.717) is 11.4 Å². The monoisotopic (exact) mass is 249 g/mol. The summed E-state index contributed by atoms with van der Waals surface area (Å²) in [5, 5.41) is 2.66. The van der Waals surface area contributed by atoms with E-state index < -0.39 is 5.41 Å². The van der Waals surface area contributed by atoms with Crippen molar-refractivity contribution in [3.63, 3.8) is 0 Å². The lowest BCUT2D eigenvalue weighted by molar-refractivity contribution is -0.128. The number of ketones is 1. The van der Waals surface area contributed by atoms with E-state index in [0.717, 1.165) is 0 Å². The summed E-state index contributed by atoms with van der Waals surface area (Å²) < 4.78 is 5.42. The number of nitrogens with one attached hydrogen (secondary N) is 1. The van der Waals surface area contributed by atoms with Crippen LogP contribution >= 0.6 is 0 Å². The lowest BCUT2D eigenvalue weighted by Gasteiger charge is -2.17. The van der Waals surface area contributed by atoms with Gasteiger partial charge in [0.1, 0.15) is 12.4 Å². The van der Waals surface area contributed by atoms with Gasteiger partial charge in [-0.25, -0.2) is 0 Å². The molecule has 0 heterocycles. The second-order valence-corrected chi connectivity index (χ2v) is 5.17. The summed E-state index contributed by atoms with van der Waals surface area (Å²) in [4.78, 5) is 22.6. The van der Waals surface area contributed by atoms with E-state index in [1.807, 2.05) is 20.8 Å². The Hall–Kier alpha value is -1.84. The van der Waals surface area contributed by atoms with E-state index in [1.54, 1.807) is 24.3 Å². The fourth-order valence-corrected chi connectivity index (χ4v) is 1.23.